The van der Waals surface area contributed by atoms with E-state index in [4.69, 9.17) is 0 Å². The van der Waals surface area contributed by atoms with Crippen molar-refractivity contribution < 1.29 is 23.1 Å². The number of alkyl halides is 3. The van der Waals surface area contributed by atoms with Gasteiger partial charge in [-0.3, -0.25) is 4.79 Å². The lowest BCUT2D eigenvalue weighted by molar-refractivity contribution is -0.273. The largest absolute Gasteiger partial charge is 0.417 e. The van der Waals surface area contributed by atoms with Crippen molar-refractivity contribution in [3.63, 3.8) is 0 Å². The highest BCUT2D eigenvalue weighted by Crippen LogP contribution is 2.43. The molecule has 1 fully saturated rings. The molecule has 0 heterocycles. The Hall–Kier alpha value is -0.580. The van der Waals surface area contributed by atoms with Crippen molar-refractivity contribution in [2.45, 2.75) is 44.4 Å². The van der Waals surface area contributed by atoms with Crippen LogP contribution >= 0.6 is 0 Å². The van der Waals surface area contributed by atoms with Crippen molar-refractivity contribution >= 4 is 5.78 Å². The molecule has 1 saturated carbocycles. The molecule has 0 aromatic rings. The minimum Gasteiger partial charge on any atom is -0.380 e. The van der Waals surface area contributed by atoms with E-state index in [2.05, 4.69) is 0 Å². The minimum absolute atomic E-state index is 0.250. The van der Waals surface area contributed by atoms with Crippen LogP contribution in [-0.2, 0) is 4.79 Å². The van der Waals surface area contributed by atoms with E-state index in [9.17, 15) is 23.1 Å². The Bertz CT molecular complexity index is 237. The molecule has 1 rings (SSSR count). The molecule has 0 aromatic heterocycles. The molecule has 0 saturated heterocycles. The van der Waals surface area contributed by atoms with Gasteiger partial charge in [0.1, 0.15) is 5.78 Å². The van der Waals surface area contributed by atoms with Crippen LogP contribution in [0.25, 0.3) is 0 Å². The molecule has 82 valence electrons. The number of hydrogen-bond donors (Lipinski definition) is 1. The van der Waals surface area contributed by atoms with E-state index in [1.807, 2.05) is 0 Å². The number of Topliss-reactive ketones (excluding diaryl/α,β-unsaturated/α-hetero) is 1. The fraction of sp³-hybridized carbons (Fsp3) is 0.889. The van der Waals surface area contributed by atoms with Crippen molar-refractivity contribution in [1.82, 2.24) is 0 Å². The van der Waals surface area contributed by atoms with Crippen molar-refractivity contribution in [1.29, 1.82) is 0 Å². The smallest absolute Gasteiger partial charge is 0.380 e. The van der Waals surface area contributed by atoms with Crippen LogP contribution in [-0.4, -0.2) is 22.7 Å². The first-order chi connectivity index (χ1) is 6.26. The molecule has 2 nitrogen and oxygen atoms in total. The lowest BCUT2D eigenvalue weighted by Gasteiger charge is -2.37. The first kappa shape index (κ1) is 11.5. The summed E-state index contributed by atoms with van der Waals surface area (Å²) in [5.74, 6) is -0.914. The highest BCUT2D eigenvalue weighted by Gasteiger charge is 2.55. The lowest BCUT2D eigenvalue weighted by atomic mass is 9.76. The van der Waals surface area contributed by atoms with Gasteiger partial charge < -0.3 is 5.11 Å². The summed E-state index contributed by atoms with van der Waals surface area (Å²) < 4.78 is 37.2. The summed E-state index contributed by atoms with van der Waals surface area (Å²) in [6.07, 6.45) is -4.69. The summed E-state index contributed by atoms with van der Waals surface area (Å²) in [6.45, 7) is 1.27. The van der Waals surface area contributed by atoms with Crippen LogP contribution in [0.2, 0.25) is 0 Å². The second kappa shape index (κ2) is 3.53. The monoisotopic (exact) mass is 210 g/mol. The van der Waals surface area contributed by atoms with Crippen molar-refractivity contribution in [2.75, 3.05) is 0 Å². The number of aliphatic hydroxyl groups is 1. The van der Waals surface area contributed by atoms with Crippen LogP contribution in [0.4, 0.5) is 13.2 Å². The molecule has 2 unspecified atom stereocenters. The van der Waals surface area contributed by atoms with Gasteiger partial charge in [0.2, 0.25) is 0 Å². The topological polar surface area (TPSA) is 37.3 Å². The predicted octanol–water partition coefficient (Wildman–Crippen LogP) is 2.06. The van der Waals surface area contributed by atoms with E-state index in [1.54, 1.807) is 0 Å². The summed E-state index contributed by atoms with van der Waals surface area (Å²) in [7, 11) is 0. The average Bonchev–Trinajstić information content (AvgIpc) is 2.02. The molecular formula is C9H13F3O2. The number of ketones is 1. The number of carbonyl (C=O) groups excluding carboxylic acids is 1. The molecule has 1 aliphatic carbocycles. The fourth-order valence-corrected chi connectivity index (χ4v) is 1.86. The average molecular weight is 210 g/mol. The van der Waals surface area contributed by atoms with Gasteiger partial charge in [-0.25, -0.2) is 0 Å². The molecular weight excluding hydrogens is 197 g/mol. The highest BCUT2D eigenvalue weighted by molar-refractivity contribution is 5.78. The number of rotatable bonds is 1. The summed E-state index contributed by atoms with van der Waals surface area (Å²) >= 11 is 0. The Balaban J connectivity index is 2.77. The SMILES string of the molecule is CC(=O)C1CCCC(O)(C(F)(F)F)C1. The Kier molecular flexibility index (Phi) is 2.90. The normalized spacial score (nSPS) is 34.2. The van der Waals surface area contributed by atoms with E-state index in [1.165, 1.54) is 6.92 Å². The van der Waals surface area contributed by atoms with Crippen LogP contribution in [0.15, 0.2) is 0 Å². The maximum atomic E-state index is 12.4. The number of hydrogen-bond acceptors (Lipinski definition) is 2. The first-order valence-corrected chi connectivity index (χ1v) is 4.56. The maximum Gasteiger partial charge on any atom is 0.417 e. The van der Waals surface area contributed by atoms with Gasteiger partial charge in [-0.2, -0.15) is 13.2 Å². The first-order valence-electron chi connectivity index (χ1n) is 4.56. The third kappa shape index (κ3) is 2.08. The molecule has 5 heteroatoms. The lowest BCUT2D eigenvalue weighted by Crippen LogP contribution is -2.49. The Morgan fingerprint density at radius 3 is 2.50 bits per heavy atom. The molecule has 0 amide bonds. The fourth-order valence-electron chi connectivity index (χ4n) is 1.86. The Labute approximate surface area is 80.1 Å². The molecule has 2 atom stereocenters. The summed E-state index contributed by atoms with van der Waals surface area (Å²) in [6, 6.07) is 0. The van der Waals surface area contributed by atoms with Crippen molar-refractivity contribution in [2.24, 2.45) is 5.92 Å². The summed E-state index contributed by atoms with van der Waals surface area (Å²) in [5, 5.41) is 9.35. The predicted molar refractivity (Wildman–Crippen MR) is 43.6 cm³/mol. The zero-order valence-electron chi connectivity index (χ0n) is 7.90. The Morgan fingerprint density at radius 2 is 2.07 bits per heavy atom. The quantitative estimate of drug-likeness (QED) is 0.719. The molecule has 0 aromatic carbocycles. The molecule has 0 aliphatic heterocycles. The van der Waals surface area contributed by atoms with Gasteiger partial charge in [0.25, 0.3) is 0 Å². The van der Waals surface area contributed by atoms with Gasteiger partial charge in [0.05, 0.1) is 0 Å². The third-order valence-electron chi connectivity index (χ3n) is 2.83. The second-order valence-electron chi connectivity index (χ2n) is 3.93. The summed E-state index contributed by atoms with van der Waals surface area (Å²) in [5.41, 5.74) is -2.65. The van der Waals surface area contributed by atoms with Crippen molar-refractivity contribution in [3.05, 3.63) is 0 Å². The van der Waals surface area contributed by atoms with Gasteiger partial charge >= 0.3 is 6.18 Å². The minimum atomic E-state index is -4.62. The number of carbonyl (C=O) groups is 1. The van der Waals surface area contributed by atoms with E-state index in [0.29, 0.717) is 6.42 Å². The van der Waals surface area contributed by atoms with Crippen LogP contribution < -0.4 is 0 Å². The van der Waals surface area contributed by atoms with E-state index >= 15 is 0 Å². The van der Waals surface area contributed by atoms with Gasteiger partial charge in [-0.15, -0.1) is 0 Å². The highest BCUT2D eigenvalue weighted by atomic mass is 19.4. The zero-order valence-corrected chi connectivity index (χ0v) is 7.90. The third-order valence-corrected chi connectivity index (χ3v) is 2.83. The van der Waals surface area contributed by atoms with E-state index in [0.717, 1.165) is 0 Å². The van der Waals surface area contributed by atoms with Crippen molar-refractivity contribution in [3.8, 4) is 0 Å². The second-order valence-corrected chi connectivity index (χ2v) is 3.93. The van der Waals surface area contributed by atoms with Crippen LogP contribution in [0.5, 0.6) is 0 Å². The van der Waals surface area contributed by atoms with E-state index < -0.39 is 24.1 Å². The molecule has 1 N–H and O–H groups in total. The van der Waals surface area contributed by atoms with Gasteiger partial charge in [-0.1, -0.05) is 0 Å². The molecule has 0 spiro atoms. The summed E-state index contributed by atoms with van der Waals surface area (Å²) in [4.78, 5) is 10.9. The molecule has 14 heavy (non-hydrogen) atoms. The standard InChI is InChI=1S/C9H13F3O2/c1-6(13)7-3-2-4-8(14,5-7)9(10,11)12/h7,14H,2-5H2,1H3. The molecule has 1 aliphatic rings. The maximum absolute atomic E-state index is 12.4. The van der Waals surface area contributed by atoms with Gasteiger partial charge in [0, 0.05) is 5.92 Å². The van der Waals surface area contributed by atoms with Crippen LogP contribution in [0, 0.1) is 5.92 Å². The van der Waals surface area contributed by atoms with Crippen LogP contribution in [0.3, 0.4) is 0 Å². The molecule has 0 radical (unpaired) electrons. The van der Waals surface area contributed by atoms with E-state index in [-0.39, 0.29) is 18.6 Å². The van der Waals surface area contributed by atoms with Crippen LogP contribution in [0.1, 0.15) is 32.6 Å². The number of halogens is 3. The Morgan fingerprint density at radius 1 is 1.50 bits per heavy atom. The van der Waals surface area contributed by atoms with Gasteiger partial charge in [0.15, 0.2) is 5.60 Å². The zero-order chi connectivity index (χ0) is 11.0. The van der Waals surface area contributed by atoms with Gasteiger partial charge in [-0.05, 0) is 32.6 Å². The molecule has 0 bridgehead atoms.